The van der Waals surface area contributed by atoms with Crippen molar-refractivity contribution in [3.8, 4) is 11.5 Å². The molecule has 3 aromatic carbocycles. The van der Waals surface area contributed by atoms with E-state index in [-0.39, 0.29) is 18.2 Å². The molecule has 7 nitrogen and oxygen atoms in total. The van der Waals surface area contributed by atoms with Gasteiger partial charge < -0.3 is 14.2 Å². The normalized spacial score (nSPS) is 10.9. The van der Waals surface area contributed by atoms with Gasteiger partial charge >= 0.3 is 5.97 Å². The third-order valence-corrected chi connectivity index (χ3v) is 5.22. The molecular weight excluding hydrogens is 500 g/mol. The van der Waals surface area contributed by atoms with E-state index in [2.05, 4.69) is 26.5 Å². The summed E-state index contributed by atoms with van der Waals surface area (Å²) in [6.07, 6.45) is 1.44. The van der Waals surface area contributed by atoms with E-state index in [9.17, 15) is 9.59 Å². The van der Waals surface area contributed by atoms with Crippen LogP contribution in [0.25, 0.3) is 10.8 Å². The van der Waals surface area contributed by atoms with E-state index < -0.39 is 11.9 Å². The number of carbonyl (C=O) groups excluding carboxylic acids is 2. The smallest absolute Gasteiger partial charge is 0.344 e. The minimum atomic E-state index is -0.493. The number of hydrogen-bond acceptors (Lipinski definition) is 6. The van der Waals surface area contributed by atoms with Gasteiger partial charge in [0.1, 0.15) is 5.75 Å². The standard InChI is InChI=1S/C23H20BrClN2O5/c1-3-31-21(28)13-32-22-18(24)8-14(9-19(22)25)12-26-27-23(29)17-10-15-6-4-5-7-16(15)11-20(17)30-2/h4-12H,3,13H2,1-2H3,(H,27,29)/b26-12-. The van der Waals surface area contributed by atoms with Crippen molar-refractivity contribution in [3.05, 3.63) is 69.2 Å². The molecule has 0 bridgehead atoms. The Bertz CT molecular complexity index is 1160. The van der Waals surface area contributed by atoms with E-state index >= 15 is 0 Å². The predicted molar refractivity (Wildman–Crippen MR) is 127 cm³/mol. The Hall–Kier alpha value is -3.10. The highest BCUT2D eigenvalue weighted by Gasteiger charge is 2.14. The van der Waals surface area contributed by atoms with Crippen molar-refractivity contribution in [3.63, 3.8) is 0 Å². The van der Waals surface area contributed by atoms with Gasteiger partial charge in [0.15, 0.2) is 12.4 Å². The van der Waals surface area contributed by atoms with Gasteiger partial charge in [0.25, 0.3) is 5.91 Å². The molecule has 0 radical (unpaired) electrons. The number of benzene rings is 3. The fourth-order valence-electron chi connectivity index (χ4n) is 2.92. The Morgan fingerprint density at radius 1 is 1.16 bits per heavy atom. The topological polar surface area (TPSA) is 86.2 Å². The van der Waals surface area contributed by atoms with Gasteiger partial charge in [0.2, 0.25) is 0 Å². The van der Waals surface area contributed by atoms with E-state index in [4.69, 9.17) is 25.8 Å². The Kier molecular flexibility index (Phi) is 8.08. The van der Waals surface area contributed by atoms with Crippen molar-refractivity contribution in [2.45, 2.75) is 6.92 Å². The number of nitrogens with zero attached hydrogens (tertiary/aromatic N) is 1. The number of fused-ring (bicyclic) bond motifs is 1. The lowest BCUT2D eigenvalue weighted by molar-refractivity contribution is -0.145. The summed E-state index contributed by atoms with van der Waals surface area (Å²) >= 11 is 9.61. The minimum Gasteiger partial charge on any atom is -0.496 e. The fourth-order valence-corrected chi connectivity index (χ4v) is 3.91. The molecule has 1 N–H and O–H groups in total. The molecule has 0 aliphatic heterocycles. The van der Waals surface area contributed by atoms with Crippen LogP contribution in [0.15, 0.2) is 58.1 Å². The number of amides is 1. The predicted octanol–water partition coefficient (Wildman–Crippen LogP) is 4.97. The van der Waals surface area contributed by atoms with E-state index in [1.54, 1.807) is 31.2 Å². The first-order valence-corrected chi connectivity index (χ1v) is 10.8. The molecule has 166 valence electrons. The molecule has 0 saturated heterocycles. The number of nitrogens with one attached hydrogen (secondary N) is 1. The molecular formula is C23H20BrClN2O5. The zero-order valence-corrected chi connectivity index (χ0v) is 19.7. The lowest BCUT2D eigenvalue weighted by Crippen LogP contribution is -2.18. The van der Waals surface area contributed by atoms with Crippen LogP contribution in [-0.2, 0) is 9.53 Å². The maximum Gasteiger partial charge on any atom is 0.344 e. The highest BCUT2D eigenvalue weighted by atomic mass is 79.9. The van der Waals surface area contributed by atoms with Crippen LogP contribution in [0.5, 0.6) is 11.5 Å². The van der Waals surface area contributed by atoms with Crippen LogP contribution >= 0.6 is 27.5 Å². The molecule has 3 rings (SSSR count). The molecule has 0 aliphatic rings. The summed E-state index contributed by atoms with van der Waals surface area (Å²) < 4.78 is 16.1. The van der Waals surface area contributed by atoms with E-state index in [1.165, 1.54) is 13.3 Å². The molecule has 0 aromatic heterocycles. The first-order chi connectivity index (χ1) is 15.4. The molecule has 0 saturated carbocycles. The van der Waals surface area contributed by atoms with E-state index in [0.717, 1.165) is 10.8 Å². The van der Waals surface area contributed by atoms with Crippen LogP contribution in [-0.4, -0.2) is 38.4 Å². The molecule has 9 heteroatoms. The van der Waals surface area contributed by atoms with Crippen LogP contribution in [0, 0.1) is 0 Å². The van der Waals surface area contributed by atoms with Crippen LogP contribution < -0.4 is 14.9 Å². The van der Waals surface area contributed by atoms with Gasteiger partial charge in [0.05, 0.1) is 35.0 Å². The number of methoxy groups -OCH3 is 1. The fraction of sp³-hybridized carbons (Fsp3) is 0.174. The summed E-state index contributed by atoms with van der Waals surface area (Å²) in [6, 6.07) is 14.5. The van der Waals surface area contributed by atoms with Crippen LogP contribution in [0.2, 0.25) is 5.02 Å². The van der Waals surface area contributed by atoms with E-state index in [1.807, 2.05) is 24.3 Å². The van der Waals surface area contributed by atoms with Crippen molar-refractivity contribution < 1.29 is 23.8 Å². The summed E-state index contributed by atoms with van der Waals surface area (Å²) in [6.45, 7) is 1.72. The SMILES string of the molecule is CCOC(=O)COc1c(Cl)cc(/C=N\NC(=O)c2cc3ccccc3cc2OC)cc1Br. The highest BCUT2D eigenvalue weighted by Crippen LogP contribution is 2.34. The molecule has 0 aliphatic carbocycles. The van der Waals surface area contributed by atoms with Crippen molar-refractivity contribution in [1.29, 1.82) is 0 Å². The lowest BCUT2D eigenvalue weighted by atomic mass is 10.1. The maximum atomic E-state index is 12.6. The molecule has 3 aromatic rings. The van der Waals surface area contributed by atoms with Gasteiger partial charge in [0, 0.05) is 0 Å². The molecule has 1 amide bonds. The van der Waals surface area contributed by atoms with Gasteiger partial charge in [-0.1, -0.05) is 35.9 Å². The molecule has 0 fully saturated rings. The molecule has 0 atom stereocenters. The maximum absolute atomic E-state index is 12.6. The highest BCUT2D eigenvalue weighted by molar-refractivity contribution is 9.10. The van der Waals surface area contributed by atoms with Crippen molar-refractivity contribution in [2.24, 2.45) is 5.10 Å². The molecule has 0 spiro atoms. The number of rotatable bonds is 8. The summed E-state index contributed by atoms with van der Waals surface area (Å²) in [5.41, 5.74) is 3.47. The summed E-state index contributed by atoms with van der Waals surface area (Å²) in [5, 5.41) is 6.16. The Morgan fingerprint density at radius 2 is 1.88 bits per heavy atom. The number of esters is 1. The first kappa shape index (κ1) is 23.6. The monoisotopic (exact) mass is 518 g/mol. The minimum absolute atomic E-state index is 0.261. The van der Waals surface area contributed by atoms with Crippen LogP contribution in [0.1, 0.15) is 22.8 Å². The van der Waals surface area contributed by atoms with Gasteiger partial charge in [-0.3, -0.25) is 4.79 Å². The Labute approximate surface area is 198 Å². The largest absolute Gasteiger partial charge is 0.496 e. The third kappa shape index (κ3) is 5.77. The van der Waals surface area contributed by atoms with Crippen molar-refractivity contribution in [2.75, 3.05) is 20.3 Å². The van der Waals surface area contributed by atoms with Gasteiger partial charge in [-0.05, 0) is 63.5 Å². The summed E-state index contributed by atoms with van der Waals surface area (Å²) in [7, 11) is 1.51. The zero-order chi connectivity index (χ0) is 23.1. The van der Waals surface area contributed by atoms with Gasteiger partial charge in [-0.2, -0.15) is 5.10 Å². The second kappa shape index (κ2) is 11.0. The van der Waals surface area contributed by atoms with E-state index in [0.29, 0.717) is 27.1 Å². The van der Waals surface area contributed by atoms with Gasteiger partial charge in [-0.15, -0.1) is 0 Å². The number of halogens is 2. The zero-order valence-electron chi connectivity index (χ0n) is 17.4. The molecule has 0 heterocycles. The summed E-state index contributed by atoms with van der Waals surface area (Å²) in [4.78, 5) is 24.1. The average Bonchev–Trinajstić information content (AvgIpc) is 2.77. The number of hydrogen-bond donors (Lipinski definition) is 1. The second-order valence-corrected chi connectivity index (χ2v) is 7.77. The Morgan fingerprint density at radius 3 is 2.53 bits per heavy atom. The average molecular weight is 520 g/mol. The molecule has 32 heavy (non-hydrogen) atoms. The third-order valence-electron chi connectivity index (χ3n) is 4.35. The number of carbonyl (C=O) groups is 2. The van der Waals surface area contributed by atoms with Crippen LogP contribution in [0.4, 0.5) is 0 Å². The molecule has 0 unspecified atom stereocenters. The van der Waals surface area contributed by atoms with Gasteiger partial charge in [-0.25, -0.2) is 10.2 Å². The second-order valence-electron chi connectivity index (χ2n) is 6.51. The summed E-state index contributed by atoms with van der Waals surface area (Å²) in [5.74, 6) is -0.150. The van der Waals surface area contributed by atoms with Crippen molar-refractivity contribution in [1.82, 2.24) is 5.43 Å². The number of ether oxygens (including phenoxy) is 3. The Balaban J connectivity index is 1.71. The van der Waals surface area contributed by atoms with Crippen molar-refractivity contribution >= 4 is 56.4 Å². The first-order valence-electron chi connectivity index (χ1n) is 9.60. The number of hydrazone groups is 1. The van der Waals surface area contributed by atoms with Crippen LogP contribution in [0.3, 0.4) is 0 Å². The lowest BCUT2D eigenvalue weighted by Gasteiger charge is -2.10. The quantitative estimate of drug-likeness (QED) is 0.258.